The Balaban J connectivity index is 2.00. The summed E-state index contributed by atoms with van der Waals surface area (Å²) >= 11 is 1.89. The summed E-state index contributed by atoms with van der Waals surface area (Å²) in [4.78, 5) is 6.46. The van der Waals surface area contributed by atoms with Gasteiger partial charge in [-0.15, -0.1) is 11.3 Å². The van der Waals surface area contributed by atoms with Crippen LogP contribution in [0.5, 0.6) is 0 Å². The molecule has 1 unspecified atom stereocenters. The summed E-state index contributed by atoms with van der Waals surface area (Å²) in [6.45, 7) is 3.21. The summed E-state index contributed by atoms with van der Waals surface area (Å²) in [7, 11) is 2.03. The molecule has 0 saturated carbocycles. The Morgan fingerprint density at radius 2 is 2.21 bits per heavy atom. The predicted molar refractivity (Wildman–Crippen MR) is 81.9 cm³/mol. The van der Waals surface area contributed by atoms with E-state index in [4.69, 9.17) is 4.98 Å². The maximum absolute atomic E-state index is 4.96. The van der Waals surface area contributed by atoms with Gasteiger partial charge in [-0.1, -0.05) is 24.3 Å². The van der Waals surface area contributed by atoms with E-state index >= 15 is 0 Å². The molecule has 0 bridgehead atoms. The summed E-state index contributed by atoms with van der Waals surface area (Å²) in [5.41, 5.74) is 3.97. The van der Waals surface area contributed by atoms with Crippen LogP contribution in [0, 0.1) is 6.92 Å². The molecule has 100 valence electrons. The van der Waals surface area contributed by atoms with E-state index in [1.54, 1.807) is 0 Å². The summed E-state index contributed by atoms with van der Waals surface area (Å²) in [6.07, 6.45) is 3.78. The van der Waals surface area contributed by atoms with Gasteiger partial charge in [-0.3, -0.25) is 0 Å². The lowest BCUT2D eigenvalue weighted by Crippen LogP contribution is -2.20. The first-order valence-corrected chi connectivity index (χ1v) is 7.81. The number of nitrogens with one attached hydrogen (secondary N) is 1. The van der Waals surface area contributed by atoms with Gasteiger partial charge in [-0.2, -0.15) is 0 Å². The number of likely N-dealkylation sites (N-methyl/N-ethyl adjacent to an activating group) is 1. The molecule has 1 heterocycles. The molecule has 2 nitrogen and oxygen atoms in total. The van der Waals surface area contributed by atoms with E-state index in [0.717, 1.165) is 6.54 Å². The molecule has 0 radical (unpaired) electrons. The lowest BCUT2D eigenvalue weighted by molar-refractivity contribution is 0.523. The van der Waals surface area contributed by atoms with Gasteiger partial charge in [0.15, 0.2) is 0 Å². The molecule has 19 heavy (non-hydrogen) atoms. The first kappa shape index (κ1) is 12.8. The molecule has 0 fully saturated rings. The first-order chi connectivity index (χ1) is 9.29. The van der Waals surface area contributed by atoms with Crippen molar-refractivity contribution in [1.82, 2.24) is 10.3 Å². The maximum atomic E-state index is 4.96. The molecule has 1 aromatic heterocycles. The molecule has 1 aliphatic rings. The Bertz CT molecular complexity index is 574. The minimum absolute atomic E-state index is 0.600. The van der Waals surface area contributed by atoms with E-state index in [9.17, 15) is 0 Å². The van der Waals surface area contributed by atoms with Gasteiger partial charge >= 0.3 is 0 Å². The lowest BCUT2D eigenvalue weighted by Gasteiger charge is -2.20. The molecule has 0 saturated heterocycles. The quantitative estimate of drug-likeness (QED) is 0.920. The van der Waals surface area contributed by atoms with E-state index in [0.29, 0.717) is 5.92 Å². The average Bonchev–Trinajstić information content (AvgIpc) is 2.84. The fourth-order valence-electron chi connectivity index (χ4n) is 2.88. The number of thiazole rings is 1. The molecule has 0 aliphatic heterocycles. The van der Waals surface area contributed by atoms with Crippen LogP contribution in [0.1, 0.15) is 34.9 Å². The van der Waals surface area contributed by atoms with E-state index < -0.39 is 0 Å². The van der Waals surface area contributed by atoms with Crippen molar-refractivity contribution in [2.75, 3.05) is 13.6 Å². The second-order valence-electron chi connectivity index (χ2n) is 5.29. The highest BCUT2D eigenvalue weighted by atomic mass is 32.1. The SMILES string of the molecule is CNCC1CCCc2sc(-c3ccccc3C)nc21. The van der Waals surface area contributed by atoms with Crippen molar-refractivity contribution in [3.63, 3.8) is 0 Å². The molecule has 1 N–H and O–H groups in total. The van der Waals surface area contributed by atoms with Crippen LogP contribution in [0.2, 0.25) is 0 Å². The second-order valence-corrected chi connectivity index (χ2v) is 6.37. The number of hydrogen-bond donors (Lipinski definition) is 1. The number of aromatic nitrogens is 1. The van der Waals surface area contributed by atoms with E-state index in [1.807, 2.05) is 18.4 Å². The van der Waals surface area contributed by atoms with Crippen LogP contribution in [0.15, 0.2) is 24.3 Å². The van der Waals surface area contributed by atoms with E-state index in [2.05, 4.69) is 36.5 Å². The van der Waals surface area contributed by atoms with Gasteiger partial charge in [0.25, 0.3) is 0 Å². The Morgan fingerprint density at radius 1 is 1.37 bits per heavy atom. The van der Waals surface area contributed by atoms with Crippen LogP contribution in [0.3, 0.4) is 0 Å². The van der Waals surface area contributed by atoms with Crippen molar-refractivity contribution < 1.29 is 0 Å². The molecular formula is C16H20N2S. The molecule has 1 aromatic carbocycles. The summed E-state index contributed by atoms with van der Waals surface area (Å²) in [5.74, 6) is 0.600. The summed E-state index contributed by atoms with van der Waals surface area (Å²) < 4.78 is 0. The van der Waals surface area contributed by atoms with Gasteiger partial charge in [-0.25, -0.2) is 4.98 Å². The zero-order chi connectivity index (χ0) is 13.2. The topological polar surface area (TPSA) is 24.9 Å². The molecule has 1 aliphatic carbocycles. The van der Waals surface area contributed by atoms with Crippen molar-refractivity contribution in [1.29, 1.82) is 0 Å². The fraction of sp³-hybridized carbons (Fsp3) is 0.438. The maximum Gasteiger partial charge on any atom is 0.124 e. The molecule has 3 heteroatoms. The Labute approximate surface area is 118 Å². The minimum Gasteiger partial charge on any atom is -0.319 e. The van der Waals surface area contributed by atoms with Crippen LogP contribution in [-0.4, -0.2) is 18.6 Å². The fourth-order valence-corrected chi connectivity index (χ4v) is 4.16. The third-order valence-electron chi connectivity index (χ3n) is 3.90. The van der Waals surface area contributed by atoms with Gasteiger partial charge in [0.2, 0.25) is 0 Å². The van der Waals surface area contributed by atoms with Crippen molar-refractivity contribution >= 4 is 11.3 Å². The number of hydrogen-bond acceptors (Lipinski definition) is 3. The largest absolute Gasteiger partial charge is 0.319 e. The van der Waals surface area contributed by atoms with Crippen molar-refractivity contribution in [2.24, 2.45) is 0 Å². The summed E-state index contributed by atoms with van der Waals surface area (Å²) in [5, 5.41) is 4.50. The van der Waals surface area contributed by atoms with Gasteiger partial charge in [0, 0.05) is 22.9 Å². The minimum atomic E-state index is 0.600. The highest BCUT2D eigenvalue weighted by molar-refractivity contribution is 7.15. The van der Waals surface area contributed by atoms with Crippen LogP contribution in [0.4, 0.5) is 0 Å². The molecule has 0 amide bonds. The standard InChI is InChI=1S/C16H20N2S/c1-11-6-3-4-8-13(11)16-18-15-12(10-17-2)7-5-9-14(15)19-16/h3-4,6,8,12,17H,5,7,9-10H2,1-2H3. The zero-order valence-electron chi connectivity index (χ0n) is 11.6. The van der Waals surface area contributed by atoms with Gasteiger partial charge in [-0.05, 0) is 38.8 Å². The lowest BCUT2D eigenvalue weighted by atomic mass is 9.91. The first-order valence-electron chi connectivity index (χ1n) is 7.00. The van der Waals surface area contributed by atoms with Gasteiger partial charge in [0.1, 0.15) is 5.01 Å². The Kier molecular flexibility index (Phi) is 3.67. The smallest absolute Gasteiger partial charge is 0.124 e. The van der Waals surface area contributed by atoms with Crippen LogP contribution in [0.25, 0.3) is 10.6 Å². The molecule has 1 atom stereocenters. The number of aryl methyl sites for hydroxylation is 2. The van der Waals surface area contributed by atoms with E-state index in [-0.39, 0.29) is 0 Å². The molecule has 3 rings (SSSR count). The number of rotatable bonds is 3. The van der Waals surface area contributed by atoms with Crippen LogP contribution >= 0.6 is 11.3 Å². The highest BCUT2D eigenvalue weighted by Crippen LogP contribution is 2.38. The second kappa shape index (κ2) is 5.43. The monoisotopic (exact) mass is 272 g/mol. The van der Waals surface area contributed by atoms with Crippen molar-refractivity contribution in [3.8, 4) is 10.6 Å². The van der Waals surface area contributed by atoms with Crippen LogP contribution in [-0.2, 0) is 6.42 Å². The van der Waals surface area contributed by atoms with Gasteiger partial charge < -0.3 is 5.32 Å². The molecular weight excluding hydrogens is 252 g/mol. The average molecular weight is 272 g/mol. The van der Waals surface area contributed by atoms with Crippen LogP contribution < -0.4 is 5.32 Å². The number of fused-ring (bicyclic) bond motifs is 1. The third kappa shape index (κ3) is 2.45. The van der Waals surface area contributed by atoms with Crippen molar-refractivity contribution in [3.05, 3.63) is 40.4 Å². The number of nitrogens with zero attached hydrogens (tertiary/aromatic N) is 1. The zero-order valence-corrected chi connectivity index (χ0v) is 12.4. The number of benzene rings is 1. The van der Waals surface area contributed by atoms with E-state index in [1.165, 1.54) is 46.0 Å². The Hall–Kier alpha value is -1.19. The molecule has 0 spiro atoms. The summed E-state index contributed by atoms with van der Waals surface area (Å²) in [6, 6.07) is 8.55. The van der Waals surface area contributed by atoms with Crippen molar-refractivity contribution in [2.45, 2.75) is 32.1 Å². The Morgan fingerprint density at radius 3 is 3.00 bits per heavy atom. The third-order valence-corrected chi connectivity index (χ3v) is 5.06. The predicted octanol–water partition coefficient (Wildman–Crippen LogP) is 3.76. The highest BCUT2D eigenvalue weighted by Gasteiger charge is 2.24. The molecule has 2 aromatic rings. The van der Waals surface area contributed by atoms with Gasteiger partial charge in [0.05, 0.1) is 5.69 Å². The normalized spacial score (nSPS) is 18.3.